The minimum Gasteiger partial charge on any atom is -0.481 e. The molecule has 2 N–H and O–H groups in total. The molecular weight excluding hydrogens is 318 g/mol. The molecule has 2 aromatic rings. The highest BCUT2D eigenvalue weighted by molar-refractivity contribution is 6.33. The van der Waals surface area contributed by atoms with Crippen molar-refractivity contribution < 1.29 is 14.7 Å². The van der Waals surface area contributed by atoms with Crippen LogP contribution in [0.5, 0.6) is 0 Å². The van der Waals surface area contributed by atoms with Crippen LogP contribution in [0.15, 0.2) is 30.3 Å². The Labute approximate surface area is 138 Å². The first kappa shape index (κ1) is 15.6. The van der Waals surface area contributed by atoms with Crippen molar-refractivity contribution in [1.29, 1.82) is 0 Å². The van der Waals surface area contributed by atoms with Crippen molar-refractivity contribution in [2.75, 3.05) is 13.1 Å². The zero-order chi connectivity index (χ0) is 16.6. The zero-order valence-corrected chi connectivity index (χ0v) is 13.2. The number of nitrogens with one attached hydrogen (secondary N) is 1. The smallest absolute Gasteiger partial charge is 0.308 e. The molecule has 0 unspecified atom stereocenters. The number of aliphatic carboxylic acids is 1. The zero-order valence-electron chi connectivity index (χ0n) is 12.5. The van der Waals surface area contributed by atoms with Crippen LogP contribution in [-0.2, 0) is 4.79 Å². The maximum Gasteiger partial charge on any atom is 0.308 e. The quantitative estimate of drug-likeness (QED) is 0.903. The van der Waals surface area contributed by atoms with Gasteiger partial charge in [-0.25, -0.2) is 0 Å². The van der Waals surface area contributed by atoms with E-state index in [0.29, 0.717) is 23.0 Å². The summed E-state index contributed by atoms with van der Waals surface area (Å²) in [5.74, 6) is -1.70. The van der Waals surface area contributed by atoms with Crippen molar-refractivity contribution in [1.82, 2.24) is 15.1 Å². The molecule has 1 fully saturated rings. The molecule has 3 rings (SSSR count). The number of amides is 1. The van der Waals surface area contributed by atoms with Gasteiger partial charge in [-0.2, -0.15) is 5.10 Å². The second-order valence-corrected chi connectivity index (χ2v) is 6.19. The summed E-state index contributed by atoms with van der Waals surface area (Å²) < 4.78 is 0. The second kappa shape index (κ2) is 6.04. The summed E-state index contributed by atoms with van der Waals surface area (Å²) in [6.45, 7) is 2.49. The van der Waals surface area contributed by atoms with Gasteiger partial charge >= 0.3 is 5.97 Å². The number of likely N-dealkylation sites (tertiary alicyclic amines) is 1. The first-order valence-corrected chi connectivity index (χ1v) is 7.67. The molecule has 1 amide bonds. The van der Waals surface area contributed by atoms with Crippen LogP contribution in [0.2, 0.25) is 5.02 Å². The number of hydrogen-bond donors (Lipinski definition) is 2. The lowest BCUT2D eigenvalue weighted by atomic mass is 9.99. The van der Waals surface area contributed by atoms with Gasteiger partial charge in [-0.15, -0.1) is 0 Å². The van der Waals surface area contributed by atoms with Crippen LogP contribution >= 0.6 is 11.6 Å². The lowest BCUT2D eigenvalue weighted by Gasteiger charge is -2.14. The van der Waals surface area contributed by atoms with Crippen LogP contribution < -0.4 is 0 Å². The average molecular weight is 334 g/mol. The molecule has 6 nitrogen and oxygen atoms in total. The highest BCUT2D eigenvalue weighted by Crippen LogP contribution is 2.28. The van der Waals surface area contributed by atoms with Gasteiger partial charge in [0.25, 0.3) is 5.91 Å². The first-order valence-electron chi connectivity index (χ1n) is 7.29. The fourth-order valence-electron chi connectivity index (χ4n) is 2.86. The Hall–Kier alpha value is -2.34. The summed E-state index contributed by atoms with van der Waals surface area (Å²) in [6.07, 6.45) is 0. The van der Waals surface area contributed by atoms with Gasteiger partial charge < -0.3 is 10.0 Å². The molecule has 7 heteroatoms. The lowest BCUT2D eigenvalue weighted by molar-refractivity contribution is -0.142. The Morgan fingerprint density at radius 1 is 1.35 bits per heavy atom. The topological polar surface area (TPSA) is 86.3 Å². The van der Waals surface area contributed by atoms with Gasteiger partial charge in [0.2, 0.25) is 0 Å². The van der Waals surface area contributed by atoms with E-state index in [2.05, 4.69) is 10.2 Å². The molecule has 0 spiro atoms. The van der Waals surface area contributed by atoms with Crippen LogP contribution in [0.4, 0.5) is 0 Å². The van der Waals surface area contributed by atoms with Crippen LogP contribution in [0.1, 0.15) is 17.4 Å². The number of carbonyl (C=O) groups excluding carboxylic acids is 1. The number of benzene rings is 1. The molecule has 0 radical (unpaired) electrons. The standard InChI is InChI=1S/C16H16ClN3O3/c1-9-7-20(8-11(9)16(22)23)15(21)14-6-13(18-19-14)10-4-2-3-5-12(10)17/h2-6,9,11H,7-8H2,1H3,(H,18,19)(H,22,23)/t9-,11-/m1/s1. The summed E-state index contributed by atoms with van der Waals surface area (Å²) in [7, 11) is 0. The normalized spacial score (nSPS) is 20.7. The molecule has 1 aliphatic heterocycles. The SMILES string of the molecule is C[C@@H]1CN(C(=O)c2cc(-c3ccccc3Cl)n[nH]2)C[C@H]1C(=O)O. The van der Waals surface area contributed by atoms with E-state index in [9.17, 15) is 9.59 Å². The van der Waals surface area contributed by atoms with Crippen LogP contribution in [0.25, 0.3) is 11.3 Å². The second-order valence-electron chi connectivity index (χ2n) is 5.78. The number of hydrogen-bond acceptors (Lipinski definition) is 3. The van der Waals surface area contributed by atoms with Gasteiger partial charge in [0.15, 0.2) is 0 Å². The molecule has 0 saturated carbocycles. The minimum absolute atomic E-state index is 0.0672. The lowest BCUT2D eigenvalue weighted by Crippen LogP contribution is -2.30. The summed E-state index contributed by atoms with van der Waals surface area (Å²) in [4.78, 5) is 25.2. The Bertz CT molecular complexity index is 759. The highest BCUT2D eigenvalue weighted by Gasteiger charge is 2.37. The minimum atomic E-state index is -0.867. The molecule has 1 aromatic carbocycles. The van der Waals surface area contributed by atoms with Gasteiger partial charge in [0.1, 0.15) is 5.69 Å². The van der Waals surface area contributed by atoms with E-state index in [4.69, 9.17) is 16.7 Å². The fraction of sp³-hybridized carbons (Fsp3) is 0.312. The number of aromatic nitrogens is 2. The van der Waals surface area contributed by atoms with Crippen molar-refractivity contribution in [3.63, 3.8) is 0 Å². The molecule has 0 bridgehead atoms. The maximum absolute atomic E-state index is 12.5. The van der Waals surface area contributed by atoms with Crippen LogP contribution in [0.3, 0.4) is 0 Å². The number of nitrogens with zero attached hydrogens (tertiary/aromatic N) is 2. The van der Waals surface area contributed by atoms with E-state index in [-0.39, 0.29) is 18.4 Å². The van der Waals surface area contributed by atoms with E-state index in [1.165, 1.54) is 0 Å². The Morgan fingerprint density at radius 2 is 2.09 bits per heavy atom. The van der Waals surface area contributed by atoms with E-state index in [1.807, 2.05) is 25.1 Å². The third-order valence-electron chi connectivity index (χ3n) is 4.17. The van der Waals surface area contributed by atoms with Crippen molar-refractivity contribution >= 4 is 23.5 Å². The van der Waals surface area contributed by atoms with Crippen LogP contribution in [-0.4, -0.2) is 45.2 Å². The van der Waals surface area contributed by atoms with E-state index < -0.39 is 11.9 Å². The summed E-state index contributed by atoms with van der Waals surface area (Å²) in [5, 5.41) is 16.6. The number of rotatable bonds is 3. The van der Waals surface area contributed by atoms with Crippen molar-refractivity contribution in [3.8, 4) is 11.3 Å². The highest BCUT2D eigenvalue weighted by atomic mass is 35.5. The predicted molar refractivity (Wildman–Crippen MR) is 85.2 cm³/mol. The molecule has 2 heterocycles. The van der Waals surface area contributed by atoms with Gasteiger partial charge in [0.05, 0.1) is 16.6 Å². The largest absolute Gasteiger partial charge is 0.481 e. The van der Waals surface area contributed by atoms with Crippen LogP contribution in [0, 0.1) is 11.8 Å². The maximum atomic E-state index is 12.5. The van der Waals surface area contributed by atoms with E-state index in [0.717, 1.165) is 5.56 Å². The first-order chi connectivity index (χ1) is 11.0. The Kier molecular flexibility index (Phi) is 4.09. The fourth-order valence-corrected chi connectivity index (χ4v) is 3.10. The monoisotopic (exact) mass is 333 g/mol. The van der Waals surface area contributed by atoms with E-state index >= 15 is 0 Å². The number of carbonyl (C=O) groups is 2. The number of H-pyrrole nitrogens is 1. The average Bonchev–Trinajstić information content (AvgIpc) is 3.14. The van der Waals surface area contributed by atoms with Gasteiger partial charge in [-0.05, 0) is 18.1 Å². The predicted octanol–water partition coefficient (Wildman–Crippen LogP) is 2.52. The van der Waals surface area contributed by atoms with Gasteiger partial charge in [-0.1, -0.05) is 36.7 Å². The number of halogens is 1. The summed E-state index contributed by atoms with van der Waals surface area (Å²) >= 11 is 6.13. The number of carboxylic acid groups (broad SMARTS) is 1. The number of carboxylic acids is 1. The Morgan fingerprint density at radius 3 is 2.74 bits per heavy atom. The van der Waals surface area contributed by atoms with Crippen molar-refractivity contribution in [2.45, 2.75) is 6.92 Å². The number of aromatic amines is 1. The third-order valence-corrected chi connectivity index (χ3v) is 4.50. The molecule has 1 saturated heterocycles. The molecule has 120 valence electrons. The van der Waals surface area contributed by atoms with Crippen molar-refractivity contribution in [3.05, 3.63) is 41.0 Å². The van der Waals surface area contributed by atoms with Gasteiger partial charge in [0, 0.05) is 18.7 Å². The Balaban J connectivity index is 1.80. The molecule has 2 atom stereocenters. The summed E-state index contributed by atoms with van der Waals surface area (Å²) in [5.41, 5.74) is 1.65. The molecule has 1 aliphatic rings. The molecule has 1 aromatic heterocycles. The third kappa shape index (κ3) is 2.94. The van der Waals surface area contributed by atoms with Gasteiger partial charge in [-0.3, -0.25) is 14.7 Å². The molecular formula is C16H16ClN3O3. The molecule has 0 aliphatic carbocycles. The summed E-state index contributed by atoms with van der Waals surface area (Å²) in [6, 6.07) is 8.89. The van der Waals surface area contributed by atoms with E-state index in [1.54, 1.807) is 17.0 Å². The van der Waals surface area contributed by atoms with Crippen molar-refractivity contribution in [2.24, 2.45) is 11.8 Å². The molecule has 23 heavy (non-hydrogen) atoms.